The van der Waals surface area contributed by atoms with Crippen molar-refractivity contribution >= 4 is 0 Å². The molecule has 2 aromatic carbocycles. The third kappa shape index (κ3) is 4.40. The van der Waals surface area contributed by atoms with Crippen LogP contribution in [-0.2, 0) is 5.60 Å². The van der Waals surface area contributed by atoms with Gasteiger partial charge in [-0.3, -0.25) is 0 Å². The molecule has 0 amide bonds. The van der Waals surface area contributed by atoms with Crippen LogP contribution < -0.4 is 9.47 Å². The molecule has 1 aliphatic rings. The summed E-state index contributed by atoms with van der Waals surface area (Å²) < 4.78 is 23.6. The monoisotopic (exact) mass is 375 g/mol. The Labute approximate surface area is 159 Å². The van der Waals surface area contributed by atoms with Crippen molar-refractivity contribution in [2.75, 3.05) is 33.9 Å². The molecule has 1 saturated heterocycles. The molecular formula is C21H26FNO4. The fraction of sp³-hybridized carbons (Fsp3) is 0.429. The van der Waals surface area contributed by atoms with Crippen LogP contribution in [0.1, 0.15) is 30.1 Å². The van der Waals surface area contributed by atoms with Gasteiger partial charge in [-0.15, -0.1) is 0 Å². The molecule has 5 nitrogen and oxygen atoms in total. The number of hydrogen-bond acceptors (Lipinski definition) is 5. The zero-order valence-electron chi connectivity index (χ0n) is 15.7. The molecule has 27 heavy (non-hydrogen) atoms. The highest BCUT2D eigenvalue weighted by molar-refractivity contribution is 5.43. The molecule has 3 rings (SSSR count). The van der Waals surface area contributed by atoms with E-state index in [1.54, 1.807) is 38.5 Å². The second kappa shape index (κ2) is 8.25. The lowest BCUT2D eigenvalue weighted by molar-refractivity contribution is -0.0345. The average molecular weight is 375 g/mol. The molecule has 1 aliphatic heterocycles. The fourth-order valence-corrected chi connectivity index (χ4v) is 3.56. The molecule has 0 saturated carbocycles. The standard InChI is InChI=1S/C21H26FNO4/c1-26-19-8-3-15(13-20(19)27-2)18(24)14-23-11-9-21(25,10-12-23)16-4-6-17(22)7-5-16/h3-8,13,18,24-25H,9-12,14H2,1-2H3. The molecule has 6 heteroatoms. The maximum Gasteiger partial charge on any atom is 0.161 e. The van der Waals surface area contributed by atoms with Crippen LogP contribution in [0, 0.1) is 5.82 Å². The zero-order chi connectivity index (χ0) is 19.4. The van der Waals surface area contributed by atoms with Gasteiger partial charge in [-0.25, -0.2) is 4.39 Å². The van der Waals surface area contributed by atoms with Crippen LogP contribution in [0.25, 0.3) is 0 Å². The zero-order valence-corrected chi connectivity index (χ0v) is 15.7. The summed E-state index contributed by atoms with van der Waals surface area (Å²) in [4.78, 5) is 2.12. The molecular weight excluding hydrogens is 349 g/mol. The normalized spacial score (nSPS) is 18.1. The van der Waals surface area contributed by atoms with Crippen LogP contribution in [0.5, 0.6) is 11.5 Å². The van der Waals surface area contributed by atoms with E-state index in [-0.39, 0.29) is 5.82 Å². The van der Waals surface area contributed by atoms with Crippen molar-refractivity contribution < 1.29 is 24.1 Å². The molecule has 1 fully saturated rings. The first-order valence-corrected chi connectivity index (χ1v) is 9.06. The van der Waals surface area contributed by atoms with Crippen LogP contribution in [0.4, 0.5) is 4.39 Å². The highest BCUT2D eigenvalue weighted by Gasteiger charge is 2.34. The number of nitrogens with zero attached hydrogens (tertiary/aromatic N) is 1. The van der Waals surface area contributed by atoms with Gasteiger partial charge in [-0.2, -0.15) is 0 Å². The van der Waals surface area contributed by atoms with E-state index in [4.69, 9.17) is 9.47 Å². The molecule has 1 atom stereocenters. The summed E-state index contributed by atoms with van der Waals surface area (Å²) in [6.45, 7) is 1.77. The molecule has 0 bridgehead atoms. The quantitative estimate of drug-likeness (QED) is 0.813. The Balaban J connectivity index is 1.61. The van der Waals surface area contributed by atoms with Crippen molar-refractivity contribution in [1.82, 2.24) is 4.90 Å². The second-order valence-corrected chi connectivity index (χ2v) is 6.97. The van der Waals surface area contributed by atoms with E-state index >= 15 is 0 Å². The number of hydrogen-bond donors (Lipinski definition) is 2. The van der Waals surface area contributed by atoms with Crippen molar-refractivity contribution in [3.8, 4) is 11.5 Å². The lowest BCUT2D eigenvalue weighted by atomic mass is 9.84. The lowest BCUT2D eigenvalue weighted by Crippen LogP contribution is -2.43. The van der Waals surface area contributed by atoms with Gasteiger partial charge in [0, 0.05) is 19.6 Å². The second-order valence-electron chi connectivity index (χ2n) is 6.97. The summed E-state index contributed by atoms with van der Waals surface area (Å²) in [6.07, 6.45) is 0.413. The highest BCUT2D eigenvalue weighted by atomic mass is 19.1. The largest absolute Gasteiger partial charge is 0.493 e. The molecule has 0 spiro atoms. The van der Waals surface area contributed by atoms with E-state index in [1.807, 2.05) is 6.07 Å². The molecule has 2 aromatic rings. The minimum Gasteiger partial charge on any atom is -0.493 e. The number of aliphatic hydroxyl groups excluding tert-OH is 1. The summed E-state index contributed by atoms with van der Waals surface area (Å²) in [5.74, 6) is 0.895. The van der Waals surface area contributed by atoms with Crippen molar-refractivity contribution in [2.24, 2.45) is 0 Å². The molecule has 2 N–H and O–H groups in total. The average Bonchev–Trinajstić information content (AvgIpc) is 2.69. The van der Waals surface area contributed by atoms with Crippen LogP contribution >= 0.6 is 0 Å². The van der Waals surface area contributed by atoms with Gasteiger partial charge >= 0.3 is 0 Å². The predicted octanol–water partition coefficient (Wildman–Crippen LogP) is 2.86. The smallest absolute Gasteiger partial charge is 0.161 e. The fourth-order valence-electron chi connectivity index (χ4n) is 3.56. The lowest BCUT2D eigenvalue weighted by Gasteiger charge is -2.39. The first kappa shape index (κ1) is 19.6. The molecule has 146 valence electrons. The topological polar surface area (TPSA) is 62.2 Å². The minimum atomic E-state index is -0.946. The maximum atomic E-state index is 13.1. The van der Waals surface area contributed by atoms with E-state index in [0.717, 1.165) is 11.1 Å². The van der Waals surface area contributed by atoms with E-state index in [1.165, 1.54) is 12.1 Å². The van der Waals surface area contributed by atoms with Gasteiger partial charge in [-0.1, -0.05) is 18.2 Å². The Morgan fingerprint density at radius 3 is 2.26 bits per heavy atom. The van der Waals surface area contributed by atoms with Gasteiger partial charge in [0.05, 0.1) is 25.9 Å². The number of rotatable bonds is 6. The number of ether oxygens (including phenoxy) is 2. The summed E-state index contributed by atoms with van der Waals surface area (Å²) in [6, 6.07) is 11.4. The van der Waals surface area contributed by atoms with Crippen LogP contribution in [0.15, 0.2) is 42.5 Å². The van der Waals surface area contributed by atoms with E-state index in [2.05, 4.69) is 4.90 Å². The van der Waals surface area contributed by atoms with Crippen molar-refractivity contribution in [2.45, 2.75) is 24.5 Å². The summed E-state index contributed by atoms with van der Waals surface area (Å²) in [7, 11) is 3.14. The number of piperidine rings is 1. The van der Waals surface area contributed by atoms with Gasteiger partial charge in [-0.05, 0) is 48.2 Å². The van der Waals surface area contributed by atoms with Gasteiger partial charge < -0.3 is 24.6 Å². The molecule has 1 heterocycles. The summed E-state index contributed by atoms with van der Waals surface area (Å²) >= 11 is 0. The Bertz CT molecular complexity index is 757. The summed E-state index contributed by atoms with van der Waals surface area (Å²) in [5.41, 5.74) is 0.550. The highest BCUT2D eigenvalue weighted by Crippen LogP contribution is 2.34. The number of β-amino-alcohol motifs (C(OH)–C–C–N with tert-alkyl or cyclic N) is 1. The van der Waals surface area contributed by atoms with E-state index < -0.39 is 11.7 Å². The minimum absolute atomic E-state index is 0.308. The van der Waals surface area contributed by atoms with Crippen LogP contribution in [0.3, 0.4) is 0 Å². The Hall–Kier alpha value is -2.15. The van der Waals surface area contributed by atoms with Crippen molar-refractivity contribution in [3.05, 3.63) is 59.4 Å². The number of benzene rings is 2. The van der Waals surface area contributed by atoms with Gasteiger partial charge in [0.15, 0.2) is 11.5 Å². The van der Waals surface area contributed by atoms with E-state index in [0.29, 0.717) is 44.0 Å². The summed E-state index contributed by atoms with van der Waals surface area (Å²) in [5, 5.41) is 21.5. The van der Waals surface area contributed by atoms with Crippen LogP contribution in [0.2, 0.25) is 0 Å². The third-order valence-corrected chi connectivity index (χ3v) is 5.29. The maximum absolute atomic E-state index is 13.1. The van der Waals surface area contributed by atoms with Gasteiger partial charge in [0.1, 0.15) is 5.82 Å². The van der Waals surface area contributed by atoms with Gasteiger partial charge in [0.2, 0.25) is 0 Å². The molecule has 1 unspecified atom stereocenters. The predicted molar refractivity (Wildman–Crippen MR) is 100 cm³/mol. The van der Waals surface area contributed by atoms with Gasteiger partial charge in [0.25, 0.3) is 0 Å². The number of aliphatic hydroxyl groups is 2. The number of methoxy groups -OCH3 is 2. The Kier molecular flexibility index (Phi) is 5.99. The third-order valence-electron chi connectivity index (χ3n) is 5.29. The first-order valence-electron chi connectivity index (χ1n) is 9.06. The van der Waals surface area contributed by atoms with Crippen molar-refractivity contribution in [1.29, 1.82) is 0 Å². The Morgan fingerprint density at radius 1 is 1.04 bits per heavy atom. The molecule has 0 aromatic heterocycles. The number of likely N-dealkylation sites (tertiary alicyclic amines) is 1. The number of halogens is 1. The Morgan fingerprint density at radius 2 is 1.67 bits per heavy atom. The van der Waals surface area contributed by atoms with Crippen molar-refractivity contribution in [3.63, 3.8) is 0 Å². The first-order chi connectivity index (χ1) is 12.9. The SMILES string of the molecule is COc1ccc(C(O)CN2CCC(O)(c3ccc(F)cc3)CC2)cc1OC. The molecule has 0 aliphatic carbocycles. The van der Waals surface area contributed by atoms with E-state index in [9.17, 15) is 14.6 Å². The molecule has 0 radical (unpaired) electrons. The van der Waals surface area contributed by atoms with Crippen LogP contribution in [-0.4, -0.2) is 49.0 Å².